The standard InChI is InChI=1S/C15H20N2/c1-12-14(10-16)9-15(2,3)17(12)11-13-7-5-4-6-8-13/h4-8,12,14H,9,11H2,1-3H3. The number of benzene rings is 1. The molecule has 1 aromatic rings. The summed E-state index contributed by atoms with van der Waals surface area (Å²) in [6.45, 7) is 7.59. The number of rotatable bonds is 2. The smallest absolute Gasteiger partial charge is 0.0672 e. The molecule has 17 heavy (non-hydrogen) atoms. The fraction of sp³-hybridized carbons (Fsp3) is 0.533. The van der Waals surface area contributed by atoms with Crippen LogP contribution in [0, 0.1) is 17.2 Å². The number of nitrogens with zero attached hydrogens (tertiary/aromatic N) is 2. The zero-order chi connectivity index (χ0) is 12.5. The van der Waals surface area contributed by atoms with E-state index in [0.29, 0.717) is 6.04 Å². The third-order valence-corrected chi connectivity index (χ3v) is 3.93. The second-order valence-electron chi connectivity index (χ2n) is 5.61. The van der Waals surface area contributed by atoms with Gasteiger partial charge in [-0.3, -0.25) is 4.90 Å². The molecule has 1 aliphatic rings. The van der Waals surface area contributed by atoms with Crippen molar-refractivity contribution in [2.45, 2.75) is 45.3 Å². The minimum Gasteiger partial charge on any atom is -0.290 e. The SMILES string of the molecule is CC1C(C#N)CC(C)(C)N1Cc1ccccc1. The molecule has 90 valence electrons. The van der Waals surface area contributed by atoms with Gasteiger partial charge in [0.2, 0.25) is 0 Å². The molecule has 0 radical (unpaired) electrons. The second-order valence-corrected chi connectivity index (χ2v) is 5.61. The van der Waals surface area contributed by atoms with E-state index < -0.39 is 0 Å². The van der Waals surface area contributed by atoms with Gasteiger partial charge >= 0.3 is 0 Å². The van der Waals surface area contributed by atoms with Gasteiger partial charge in [-0.05, 0) is 32.8 Å². The van der Waals surface area contributed by atoms with E-state index in [-0.39, 0.29) is 11.5 Å². The lowest BCUT2D eigenvalue weighted by Crippen LogP contribution is -2.41. The van der Waals surface area contributed by atoms with Crippen molar-refractivity contribution >= 4 is 0 Å². The van der Waals surface area contributed by atoms with E-state index in [1.165, 1.54) is 5.56 Å². The Labute approximate surface area is 104 Å². The molecule has 0 aliphatic carbocycles. The fourth-order valence-electron chi connectivity index (χ4n) is 2.89. The predicted octanol–water partition coefficient (Wildman–Crippen LogP) is 3.20. The van der Waals surface area contributed by atoms with Crippen LogP contribution in [-0.2, 0) is 6.54 Å². The second kappa shape index (κ2) is 4.50. The first kappa shape index (κ1) is 12.1. The summed E-state index contributed by atoms with van der Waals surface area (Å²) in [5, 5.41) is 9.18. The van der Waals surface area contributed by atoms with Crippen LogP contribution in [0.2, 0.25) is 0 Å². The highest BCUT2D eigenvalue weighted by molar-refractivity contribution is 5.16. The maximum absolute atomic E-state index is 9.18. The van der Waals surface area contributed by atoms with Crippen molar-refractivity contribution in [1.82, 2.24) is 4.90 Å². The molecule has 2 rings (SSSR count). The summed E-state index contributed by atoms with van der Waals surface area (Å²) in [5.41, 5.74) is 1.45. The summed E-state index contributed by atoms with van der Waals surface area (Å²) >= 11 is 0. The maximum Gasteiger partial charge on any atom is 0.0672 e. The molecule has 1 saturated heterocycles. The van der Waals surface area contributed by atoms with Crippen LogP contribution >= 0.6 is 0 Å². The Kier molecular flexibility index (Phi) is 3.22. The first-order valence-corrected chi connectivity index (χ1v) is 6.25. The molecule has 2 nitrogen and oxygen atoms in total. The van der Waals surface area contributed by atoms with Crippen molar-refractivity contribution in [3.05, 3.63) is 35.9 Å². The lowest BCUT2D eigenvalue weighted by Gasteiger charge is -2.34. The largest absolute Gasteiger partial charge is 0.290 e. The first-order chi connectivity index (χ1) is 8.04. The van der Waals surface area contributed by atoms with Gasteiger partial charge in [0.1, 0.15) is 0 Å². The van der Waals surface area contributed by atoms with Gasteiger partial charge in [0, 0.05) is 18.1 Å². The van der Waals surface area contributed by atoms with Gasteiger partial charge in [-0.15, -0.1) is 0 Å². The molecule has 1 aromatic carbocycles. The van der Waals surface area contributed by atoms with E-state index >= 15 is 0 Å². The number of hydrogen-bond donors (Lipinski definition) is 0. The van der Waals surface area contributed by atoms with Crippen LogP contribution in [0.4, 0.5) is 0 Å². The summed E-state index contributed by atoms with van der Waals surface area (Å²) < 4.78 is 0. The Morgan fingerprint density at radius 1 is 1.35 bits per heavy atom. The monoisotopic (exact) mass is 228 g/mol. The summed E-state index contributed by atoms with van der Waals surface area (Å²) in [6, 6.07) is 13.3. The quantitative estimate of drug-likeness (QED) is 0.777. The first-order valence-electron chi connectivity index (χ1n) is 6.25. The molecule has 2 heteroatoms. The Morgan fingerprint density at radius 2 is 2.00 bits per heavy atom. The Morgan fingerprint density at radius 3 is 2.53 bits per heavy atom. The van der Waals surface area contributed by atoms with Crippen molar-refractivity contribution < 1.29 is 0 Å². The topological polar surface area (TPSA) is 27.0 Å². The zero-order valence-electron chi connectivity index (χ0n) is 10.9. The molecular formula is C15H20N2. The van der Waals surface area contributed by atoms with E-state index in [9.17, 15) is 5.26 Å². The van der Waals surface area contributed by atoms with E-state index in [1.54, 1.807) is 0 Å². The van der Waals surface area contributed by atoms with Crippen LogP contribution in [-0.4, -0.2) is 16.5 Å². The van der Waals surface area contributed by atoms with E-state index in [0.717, 1.165) is 13.0 Å². The van der Waals surface area contributed by atoms with E-state index in [1.807, 2.05) is 6.07 Å². The van der Waals surface area contributed by atoms with Crippen molar-refractivity contribution in [2.75, 3.05) is 0 Å². The average Bonchev–Trinajstić information content (AvgIpc) is 2.53. The summed E-state index contributed by atoms with van der Waals surface area (Å²) in [6.07, 6.45) is 0.970. The minimum absolute atomic E-state index is 0.121. The molecule has 0 spiro atoms. The lowest BCUT2D eigenvalue weighted by atomic mass is 9.96. The van der Waals surface area contributed by atoms with Gasteiger partial charge < -0.3 is 0 Å². The molecule has 0 aromatic heterocycles. The highest BCUT2D eigenvalue weighted by Crippen LogP contribution is 2.38. The Bertz CT molecular complexity index is 416. The third-order valence-electron chi connectivity index (χ3n) is 3.93. The molecule has 1 fully saturated rings. The van der Waals surface area contributed by atoms with Gasteiger partial charge in [0.15, 0.2) is 0 Å². The normalized spacial score (nSPS) is 27.9. The van der Waals surface area contributed by atoms with Gasteiger partial charge in [-0.1, -0.05) is 30.3 Å². The fourth-order valence-corrected chi connectivity index (χ4v) is 2.89. The highest BCUT2D eigenvalue weighted by atomic mass is 15.2. The Balaban J connectivity index is 2.18. The molecule has 2 atom stereocenters. The number of hydrogen-bond acceptors (Lipinski definition) is 2. The van der Waals surface area contributed by atoms with Crippen molar-refractivity contribution in [2.24, 2.45) is 5.92 Å². The van der Waals surface area contributed by atoms with Crippen molar-refractivity contribution in [3.63, 3.8) is 0 Å². The maximum atomic E-state index is 9.18. The van der Waals surface area contributed by atoms with E-state index in [4.69, 9.17) is 0 Å². The van der Waals surface area contributed by atoms with Gasteiger partial charge in [0.05, 0.1) is 12.0 Å². The molecule has 1 heterocycles. The summed E-state index contributed by atoms with van der Waals surface area (Å²) in [4.78, 5) is 2.45. The highest BCUT2D eigenvalue weighted by Gasteiger charge is 2.43. The molecule has 2 unspecified atom stereocenters. The average molecular weight is 228 g/mol. The summed E-state index contributed by atoms with van der Waals surface area (Å²) in [5.74, 6) is 0.161. The number of nitriles is 1. The van der Waals surface area contributed by atoms with Crippen molar-refractivity contribution in [3.8, 4) is 6.07 Å². The lowest BCUT2D eigenvalue weighted by molar-refractivity contribution is 0.125. The van der Waals surface area contributed by atoms with E-state index in [2.05, 4.69) is 56.0 Å². The minimum atomic E-state index is 0.121. The Hall–Kier alpha value is -1.33. The molecule has 0 bridgehead atoms. The van der Waals surface area contributed by atoms with Gasteiger partial charge in [-0.2, -0.15) is 5.26 Å². The van der Waals surface area contributed by atoms with Crippen LogP contribution in [0.25, 0.3) is 0 Å². The number of likely N-dealkylation sites (tertiary alicyclic amines) is 1. The van der Waals surface area contributed by atoms with Crippen LogP contribution in [0.5, 0.6) is 0 Å². The van der Waals surface area contributed by atoms with Crippen LogP contribution in [0.15, 0.2) is 30.3 Å². The third kappa shape index (κ3) is 2.35. The van der Waals surface area contributed by atoms with Crippen LogP contribution in [0.1, 0.15) is 32.8 Å². The predicted molar refractivity (Wildman–Crippen MR) is 69.2 cm³/mol. The zero-order valence-corrected chi connectivity index (χ0v) is 10.9. The molecule has 0 N–H and O–H groups in total. The molecule has 0 saturated carbocycles. The molecule has 0 amide bonds. The van der Waals surface area contributed by atoms with Crippen LogP contribution < -0.4 is 0 Å². The summed E-state index contributed by atoms with van der Waals surface area (Å²) in [7, 11) is 0. The molecule has 1 aliphatic heterocycles. The van der Waals surface area contributed by atoms with Gasteiger partial charge in [0.25, 0.3) is 0 Å². The molecular weight excluding hydrogens is 208 g/mol. The van der Waals surface area contributed by atoms with Crippen LogP contribution in [0.3, 0.4) is 0 Å². The van der Waals surface area contributed by atoms with Crippen molar-refractivity contribution in [1.29, 1.82) is 5.26 Å². The van der Waals surface area contributed by atoms with Gasteiger partial charge in [-0.25, -0.2) is 0 Å².